The van der Waals surface area contributed by atoms with Gasteiger partial charge in [0.2, 0.25) is 0 Å². The van der Waals surface area contributed by atoms with Gasteiger partial charge in [-0.3, -0.25) is 14.6 Å². The Morgan fingerprint density at radius 2 is 2.43 bits per heavy atom. The summed E-state index contributed by atoms with van der Waals surface area (Å²) in [7, 11) is 0. The molecule has 1 aromatic heterocycles. The lowest BCUT2D eigenvalue weighted by Gasteiger charge is -2.23. The fraction of sp³-hybridized carbons (Fsp3) is 0.733. The first-order valence-electron chi connectivity index (χ1n) is 7.94. The summed E-state index contributed by atoms with van der Waals surface area (Å²) >= 11 is 0. The largest absolute Gasteiger partial charge is 0.370 e. The number of aliphatic imine (C=N–C) groups is 1. The Kier molecular flexibility index (Phi) is 6.04. The Morgan fingerprint density at radius 1 is 1.57 bits per heavy atom. The molecule has 1 aliphatic heterocycles. The number of likely N-dealkylation sites (tertiary alicyclic amines) is 1. The van der Waals surface area contributed by atoms with E-state index in [-0.39, 0.29) is 0 Å². The maximum absolute atomic E-state index is 5.96. The van der Waals surface area contributed by atoms with Crippen LogP contribution in [0.15, 0.2) is 23.5 Å². The number of nitrogens with two attached hydrogens (primary N) is 1. The highest BCUT2D eigenvalue weighted by Gasteiger charge is 2.22. The van der Waals surface area contributed by atoms with E-state index in [0.29, 0.717) is 17.9 Å². The standard InChI is InChI=1S/C15H28N6/c1-3-20-8-4-6-14(20)11-18-15(16)17-10-13(2)12-21-9-5-7-19-21/h5,7,9,13-14H,3-4,6,8,10-12H2,1-2H3,(H3,16,17,18). The van der Waals surface area contributed by atoms with E-state index in [1.54, 1.807) is 6.20 Å². The highest BCUT2D eigenvalue weighted by molar-refractivity contribution is 5.77. The molecule has 0 aliphatic carbocycles. The molecule has 1 aromatic rings. The van der Waals surface area contributed by atoms with E-state index in [2.05, 4.69) is 34.2 Å². The summed E-state index contributed by atoms with van der Waals surface area (Å²) in [6.45, 7) is 9.19. The van der Waals surface area contributed by atoms with Crippen molar-refractivity contribution in [3.8, 4) is 0 Å². The van der Waals surface area contributed by atoms with Crippen LogP contribution >= 0.6 is 0 Å². The second kappa shape index (κ2) is 8.02. The molecule has 2 rings (SSSR count). The van der Waals surface area contributed by atoms with Crippen LogP contribution in [0.5, 0.6) is 0 Å². The molecule has 21 heavy (non-hydrogen) atoms. The quantitative estimate of drug-likeness (QED) is 0.579. The van der Waals surface area contributed by atoms with Gasteiger partial charge in [0.1, 0.15) is 0 Å². The van der Waals surface area contributed by atoms with Crippen LogP contribution in [0, 0.1) is 5.92 Å². The van der Waals surface area contributed by atoms with Crippen LogP contribution in [-0.2, 0) is 6.54 Å². The fourth-order valence-corrected chi connectivity index (χ4v) is 2.86. The molecule has 6 nitrogen and oxygen atoms in total. The predicted molar refractivity (Wildman–Crippen MR) is 86.2 cm³/mol. The van der Waals surface area contributed by atoms with E-state index in [9.17, 15) is 0 Å². The van der Waals surface area contributed by atoms with E-state index in [0.717, 1.165) is 26.2 Å². The van der Waals surface area contributed by atoms with Gasteiger partial charge in [0, 0.05) is 38.1 Å². The summed E-state index contributed by atoms with van der Waals surface area (Å²) < 4.78 is 1.93. The van der Waals surface area contributed by atoms with Crippen LogP contribution in [-0.4, -0.2) is 52.9 Å². The van der Waals surface area contributed by atoms with Gasteiger partial charge in [-0.25, -0.2) is 0 Å². The number of rotatable bonds is 7. The molecule has 2 atom stereocenters. The molecular formula is C15H28N6. The summed E-state index contributed by atoms with van der Waals surface area (Å²) in [5.41, 5.74) is 5.96. The molecule has 3 N–H and O–H groups in total. The summed E-state index contributed by atoms with van der Waals surface area (Å²) in [4.78, 5) is 6.94. The number of hydrogen-bond acceptors (Lipinski definition) is 3. The van der Waals surface area contributed by atoms with Gasteiger partial charge in [0.05, 0.1) is 0 Å². The van der Waals surface area contributed by atoms with Gasteiger partial charge in [0.15, 0.2) is 5.96 Å². The maximum Gasteiger partial charge on any atom is 0.188 e. The minimum atomic E-state index is 0.420. The van der Waals surface area contributed by atoms with Crippen molar-refractivity contribution >= 4 is 5.96 Å². The Hall–Kier alpha value is -1.56. The summed E-state index contributed by atoms with van der Waals surface area (Å²) in [6, 6.07) is 2.54. The number of likely N-dealkylation sites (N-methyl/N-ethyl adjacent to an activating group) is 1. The van der Waals surface area contributed by atoms with E-state index in [4.69, 9.17) is 5.73 Å². The van der Waals surface area contributed by atoms with Gasteiger partial charge in [-0.1, -0.05) is 13.8 Å². The van der Waals surface area contributed by atoms with Crippen LogP contribution in [0.2, 0.25) is 0 Å². The summed E-state index contributed by atoms with van der Waals surface area (Å²) in [5.74, 6) is 0.981. The summed E-state index contributed by atoms with van der Waals surface area (Å²) in [6.07, 6.45) is 6.32. The average Bonchev–Trinajstić information content (AvgIpc) is 3.13. The monoisotopic (exact) mass is 292 g/mol. The van der Waals surface area contributed by atoms with Crippen LogP contribution < -0.4 is 11.1 Å². The fourth-order valence-electron chi connectivity index (χ4n) is 2.86. The normalized spacial score (nSPS) is 21.6. The van der Waals surface area contributed by atoms with Crippen LogP contribution in [0.25, 0.3) is 0 Å². The van der Waals surface area contributed by atoms with Gasteiger partial charge in [-0.05, 0) is 37.9 Å². The molecular weight excluding hydrogens is 264 g/mol. The van der Waals surface area contributed by atoms with Crippen LogP contribution in [0.1, 0.15) is 26.7 Å². The Balaban J connectivity index is 1.68. The molecule has 0 radical (unpaired) electrons. The number of aromatic nitrogens is 2. The Morgan fingerprint density at radius 3 is 3.14 bits per heavy atom. The highest BCUT2D eigenvalue weighted by Crippen LogP contribution is 2.15. The minimum Gasteiger partial charge on any atom is -0.370 e. The van der Waals surface area contributed by atoms with E-state index >= 15 is 0 Å². The smallest absolute Gasteiger partial charge is 0.188 e. The first kappa shape index (κ1) is 15.8. The van der Waals surface area contributed by atoms with Crippen molar-refractivity contribution in [2.24, 2.45) is 16.6 Å². The second-order valence-electron chi connectivity index (χ2n) is 5.86. The zero-order chi connectivity index (χ0) is 15.1. The van der Waals surface area contributed by atoms with Gasteiger partial charge in [0.25, 0.3) is 0 Å². The lowest BCUT2D eigenvalue weighted by atomic mass is 10.2. The molecule has 0 bridgehead atoms. The lowest BCUT2D eigenvalue weighted by Crippen LogP contribution is -2.42. The second-order valence-corrected chi connectivity index (χ2v) is 5.86. The summed E-state index contributed by atoms with van der Waals surface area (Å²) in [5, 5.41) is 7.47. The molecule has 6 heteroatoms. The zero-order valence-electron chi connectivity index (χ0n) is 13.2. The predicted octanol–water partition coefficient (Wildman–Crippen LogP) is 0.908. The van der Waals surface area contributed by atoms with E-state index in [1.165, 1.54) is 19.4 Å². The molecule has 2 heterocycles. The van der Waals surface area contributed by atoms with Crippen LogP contribution in [0.4, 0.5) is 0 Å². The highest BCUT2D eigenvalue weighted by atomic mass is 15.3. The third-order valence-corrected chi connectivity index (χ3v) is 4.06. The Bertz CT molecular complexity index is 427. The minimum absolute atomic E-state index is 0.420. The lowest BCUT2D eigenvalue weighted by molar-refractivity contribution is 0.267. The molecule has 0 amide bonds. The number of guanidine groups is 1. The van der Waals surface area contributed by atoms with Crippen molar-refractivity contribution in [1.29, 1.82) is 0 Å². The van der Waals surface area contributed by atoms with Crippen molar-refractivity contribution in [3.05, 3.63) is 18.5 Å². The molecule has 1 saturated heterocycles. The number of hydrogen-bond donors (Lipinski definition) is 2. The first-order valence-corrected chi connectivity index (χ1v) is 7.94. The molecule has 1 aliphatic rings. The van der Waals surface area contributed by atoms with Crippen LogP contribution in [0.3, 0.4) is 0 Å². The van der Waals surface area contributed by atoms with Crippen molar-refractivity contribution in [3.63, 3.8) is 0 Å². The first-order chi connectivity index (χ1) is 10.2. The van der Waals surface area contributed by atoms with E-state index in [1.807, 2.05) is 16.9 Å². The molecule has 1 fully saturated rings. The third-order valence-electron chi connectivity index (χ3n) is 4.06. The Labute approximate surface area is 127 Å². The molecule has 0 saturated carbocycles. The van der Waals surface area contributed by atoms with Gasteiger partial charge >= 0.3 is 0 Å². The molecule has 0 aromatic carbocycles. The van der Waals surface area contributed by atoms with Crippen molar-refractivity contribution < 1.29 is 0 Å². The van der Waals surface area contributed by atoms with Gasteiger partial charge in [-0.15, -0.1) is 0 Å². The topological polar surface area (TPSA) is 71.5 Å². The number of nitrogens with one attached hydrogen (secondary N) is 1. The van der Waals surface area contributed by atoms with Gasteiger partial charge in [-0.2, -0.15) is 5.10 Å². The molecule has 0 spiro atoms. The van der Waals surface area contributed by atoms with Gasteiger partial charge < -0.3 is 11.1 Å². The molecule has 2 unspecified atom stereocenters. The third kappa shape index (κ3) is 5.04. The van der Waals surface area contributed by atoms with Crippen molar-refractivity contribution in [2.75, 3.05) is 26.2 Å². The number of nitrogens with zero attached hydrogens (tertiary/aromatic N) is 4. The molecule has 118 valence electrons. The average molecular weight is 292 g/mol. The van der Waals surface area contributed by atoms with Crippen molar-refractivity contribution in [1.82, 2.24) is 20.0 Å². The van der Waals surface area contributed by atoms with Crippen molar-refractivity contribution in [2.45, 2.75) is 39.3 Å². The van der Waals surface area contributed by atoms with E-state index < -0.39 is 0 Å². The zero-order valence-corrected chi connectivity index (χ0v) is 13.2. The SMILES string of the molecule is CCN1CCCC1CNC(N)=NCC(C)Cn1cccn1. The maximum atomic E-state index is 5.96.